The predicted octanol–water partition coefficient (Wildman–Crippen LogP) is 3.45. The summed E-state index contributed by atoms with van der Waals surface area (Å²) in [5.74, 6) is 2.18. The van der Waals surface area contributed by atoms with Crippen LogP contribution in [-0.2, 0) is 13.0 Å². The van der Waals surface area contributed by atoms with Gasteiger partial charge in [0.05, 0.1) is 5.02 Å². The highest BCUT2D eigenvalue weighted by Crippen LogP contribution is 2.25. The number of carbonyl (C=O) groups is 1. The number of nitrogens with zero attached hydrogens (tertiary/aromatic N) is 4. The molecule has 2 saturated heterocycles. The molecule has 28 heavy (non-hydrogen) atoms. The van der Waals surface area contributed by atoms with E-state index in [2.05, 4.69) is 21.7 Å². The van der Waals surface area contributed by atoms with E-state index in [0.717, 1.165) is 43.2 Å². The van der Waals surface area contributed by atoms with E-state index in [1.807, 2.05) is 23.1 Å². The minimum absolute atomic E-state index is 0.0193. The first kappa shape index (κ1) is 19.3. The SMILES string of the molecule is CCc1oc(C(=O)N2CCN(c3ncccc3Cl)CC2)cc1CN1CCCC1. The van der Waals surface area contributed by atoms with E-state index < -0.39 is 0 Å². The van der Waals surface area contributed by atoms with Gasteiger partial charge in [0.25, 0.3) is 5.91 Å². The van der Waals surface area contributed by atoms with Gasteiger partial charge in [-0.05, 0) is 44.1 Å². The minimum Gasteiger partial charge on any atom is -0.456 e. The second-order valence-electron chi connectivity index (χ2n) is 7.48. The van der Waals surface area contributed by atoms with E-state index in [1.54, 1.807) is 6.20 Å². The third-order valence-electron chi connectivity index (χ3n) is 5.63. The number of pyridine rings is 1. The van der Waals surface area contributed by atoms with Gasteiger partial charge in [0, 0.05) is 50.9 Å². The lowest BCUT2D eigenvalue weighted by Gasteiger charge is -2.35. The summed E-state index contributed by atoms with van der Waals surface area (Å²) < 4.78 is 5.95. The lowest BCUT2D eigenvalue weighted by atomic mass is 10.2. The van der Waals surface area contributed by atoms with E-state index in [1.165, 1.54) is 12.8 Å². The number of rotatable bonds is 5. The fourth-order valence-electron chi connectivity index (χ4n) is 4.07. The molecule has 7 heteroatoms. The summed E-state index contributed by atoms with van der Waals surface area (Å²) in [6.07, 6.45) is 5.07. The maximum Gasteiger partial charge on any atom is 0.289 e. The second kappa shape index (κ2) is 8.53. The molecule has 0 unspecified atom stereocenters. The quantitative estimate of drug-likeness (QED) is 0.766. The van der Waals surface area contributed by atoms with E-state index >= 15 is 0 Å². The van der Waals surface area contributed by atoms with Crippen LogP contribution in [0.1, 0.15) is 41.6 Å². The molecule has 0 spiro atoms. The molecule has 150 valence electrons. The standard InChI is InChI=1S/C21H27ClN4O2/c1-2-18-16(15-24-8-3-4-9-24)14-19(28-18)21(27)26-12-10-25(11-13-26)20-17(22)6-5-7-23-20/h5-7,14H,2-4,8-13,15H2,1H3. The zero-order valence-electron chi connectivity index (χ0n) is 16.4. The number of hydrogen-bond donors (Lipinski definition) is 0. The molecule has 2 aliphatic rings. The van der Waals surface area contributed by atoms with Crippen molar-refractivity contribution in [1.82, 2.24) is 14.8 Å². The van der Waals surface area contributed by atoms with Crippen molar-refractivity contribution >= 4 is 23.3 Å². The van der Waals surface area contributed by atoms with Gasteiger partial charge in [0.2, 0.25) is 0 Å². The first-order valence-electron chi connectivity index (χ1n) is 10.1. The summed E-state index contributed by atoms with van der Waals surface area (Å²) >= 11 is 6.25. The number of aryl methyl sites for hydroxylation is 1. The maximum absolute atomic E-state index is 13.0. The maximum atomic E-state index is 13.0. The van der Waals surface area contributed by atoms with Crippen LogP contribution in [-0.4, -0.2) is 60.0 Å². The first-order chi connectivity index (χ1) is 13.7. The number of likely N-dealkylation sites (tertiary alicyclic amines) is 1. The molecule has 4 heterocycles. The molecule has 4 rings (SSSR count). The second-order valence-corrected chi connectivity index (χ2v) is 7.89. The number of hydrogen-bond acceptors (Lipinski definition) is 5. The summed E-state index contributed by atoms with van der Waals surface area (Å²) in [5, 5.41) is 0.646. The van der Waals surface area contributed by atoms with Gasteiger partial charge in [-0.1, -0.05) is 18.5 Å². The molecule has 1 amide bonds. The third kappa shape index (κ3) is 4.03. The van der Waals surface area contributed by atoms with E-state index in [9.17, 15) is 4.79 Å². The van der Waals surface area contributed by atoms with Gasteiger partial charge in [0.1, 0.15) is 11.6 Å². The predicted molar refractivity (Wildman–Crippen MR) is 110 cm³/mol. The van der Waals surface area contributed by atoms with Crippen molar-refractivity contribution in [3.05, 3.63) is 46.5 Å². The lowest BCUT2D eigenvalue weighted by molar-refractivity contribution is 0.0712. The molecule has 0 saturated carbocycles. The topological polar surface area (TPSA) is 52.8 Å². The molecule has 6 nitrogen and oxygen atoms in total. The molecular weight excluding hydrogens is 376 g/mol. The Morgan fingerprint density at radius 3 is 2.61 bits per heavy atom. The molecular formula is C21H27ClN4O2. The van der Waals surface area contributed by atoms with Gasteiger partial charge in [-0.2, -0.15) is 0 Å². The molecule has 2 aromatic rings. The Hall–Kier alpha value is -2.05. The van der Waals surface area contributed by atoms with Crippen LogP contribution >= 0.6 is 11.6 Å². The van der Waals surface area contributed by atoms with Crippen molar-refractivity contribution in [3.63, 3.8) is 0 Å². The molecule has 2 fully saturated rings. The molecule has 0 aliphatic carbocycles. The highest BCUT2D eigenvalue weighted by Gasteiger charge is 2.27. The number of piperazine rings is 1. The molecule has 0 bridgehead atoms. The van der Waals surface area contributed by atoms with Gasteiger partial charge < -0.3 is 14.2 Å². The fraction of sp³-hybridized carbons (Fsp3) is 0.524. The minimum atomic E-state index is -0.0193. The van der Waals surface area contributed by atoms with Crippen LogP contribution in [0.3, 0.4) is 0 Å². The van der Waals surface area contributed by atoms with Gasteiger partial charge in [-0.15, -0.1) is 0 Å². The zero-order chi connectivity index (χ0) is 19.5. The van der Waals surface area contributed by atoms with Crippen LogP contribution < -0.4 is 4.90 Å². The van der Waals surface area contributed by atoms with Gasteiger partial charge in [-0.25, -0.2) is 4.98 Å². The lowest BCUT2D eigenvalue weighted by Crippen LogP contribution is -2.49. The van der Waals surface area contributed by atoms with Gasteiger partial charge in [-0.3, -0.25) is 9.69 Å². The van der Waals surface area contributed by atoms with Crippen molar-refractivity contribution in [3.8, 4) is 0 Å². The van der Waals surface area contributed by atoms with Crippen molar-refractivity contribution in [2.45, 2.75) is 32.7 Å². The Kier molecular flexibility index (Phi) is 5.87. The Morgan fingerprint density at radius 1 is 1.18 bits per heavy atom. The van der Waals surface area contributed by atoms with Crippen LogP contribution in [0.25, 0.3) is 0 Å². The van der Waals surface area contributed by atoms with Crippen LogP contribution in [0, 0.1) is 0 Å². The Morgan fingerprint density at radius 2 is 1.93 bits per heavy atom. The Balaban J connectivity index is 1.41. The molecule has 2 aliphatic heterocycles. The summed E-state index contributed by atoms with van der Waals surface area (Å²) in [4.78, 5) is 23.8. The van der Waals surface area contributed by atoms with Crippen molar-refractivity contribution in [1.29, 1.82) is 0 Å². The van der Waals surface area contributed by atoms with Crippen LogP contribution in [0.2, 0.25) is 5.02 Å². The summed E-state index contributed by atoms with van der Waals surface area (Å²) in [6.45, 7) is 7.92. The van der Waals surface area contributed by atoms with Crippen LogP contribution in [0.4, 0.5) is 5.82 Å². The normalized spacial score (nSPS) is 18.1. The monoisotopic (exact) mass is 402 g/mol. The summed E-state index contributed by atoms with van der Waals surface area (Å²) in [6, 6.07) is 5.63. The Labute approximate surface area is 171 Å². The number of furan rings is 1. The smallest absolute Gasteiger partial charge is 0.289 e. The molecule has 2 aromatic heterocycles. The number of carbonyl (C=O) groups excluding carboxylic acids is 1. The largest absolute Gasteiger partial charge is 0.456 e. The molecule has 0 aromatic carbocycles. The van der Waals surface area contributed by atoms with Gasteiger partial charge >= 0.3 is 0 Å². The Bertz CT molecular complexity index is 824. The van der Waals surface area contributed by atoms with E-state index in [4.69, 9.17) is 16.0 Å². The number of anilines is 1. The number of aromatic nitrogens is 1. The third-order valence-corrected chi connectivity index (χ3v) is 5.92. The zero-order valence-corrected chi connectivity index (χ0v) is 17.1. The first-order valence-corrected chi connectivity index (χ1v) is 10.5. The van der Waals surface area contributed by atoms with E-state index in [-0.39, 0.29) is 5.91 Å². The van der Waals surface area contributed by atoms with Crippen molar-refractivity contribution in [2.24, 2.45) is 0 Å². The fourth-order valence-corrected chi connectivity index (χ4v) is 4.31. The number of halogens is 1. The van der Waals surface area contributed by atoms with Crippen LogP contribution in [0.15, 0.2) is 28.8 Å². The summed E-state index contributed by atoms with van der Waals surface area (Å²) in [5.41, 5.74) is 1.16. The number of amides is 1. The van der Waals surface area contributed by atoms with Crippen LogP contribution in [0.5, 0.6) is 0 Å². The highest BCUT2D eigenvalue weighted by atomic mass is 35.5. The highest BCUT2D eigenvalue weighted by molar-refractivity contribution is 6.32. The molecule has 0 N–H and O–H groups in total. The van der Waals surface area contributed by atoms with Crippen molar-refractivity contribution in [2.75, 3.05) is 44.2 Å². The van der Waals surface area contributed by atoms with E-state index in [0.29, 0.717) is 37.0 Å². The average Bonchev–Trinajstić information content (AvgIpc) is 3.38. The molecule has 0 radical (unpaired) electrons. The average molecular weight is 403 g/mol. The van der Waals surface area contributed by atoms with Crippen molar-refractivity contribution < 1.29 is 9.21 Å². The molecule has 0 atom stereocenters. The summed E-state index contributed by atoms with van der Waals surface area (Å²) in [7, 11) is 0. The van der Waals surface area contributed by atoms with Gasteiger partial charge in [0.15, 0.2) is 5.76 Å².